The first kappa shape index (κ1) is 17.4. The second kappa shape index (κ2) is 6.71. The van der Waals surface area contributed by atoms with Gasteiger partial charge in [0.2, 0.25) is 5.91 Å². The highest BCUT2D eigenvalue weighted by Crippen LogP contribution is 2.43. The monoisotopic (exact) mass is 381 g/mol. The minimum Gasteiger partial charge on any atom is -0.338 e. The molecule has 1 saturated carbocycles. The average molecular weight is 382 g/mol. The lowest BCUT2D eigenvalue weighted by Gasteiger charge is -2.44. The van der Waals surface area contributed by atoms with Gasteiger partial charge in [-0.25, -0.2) is 4.98 Å². The van der Waals surface area contributed by atoms with Gasteiger partial charge in [0.05, 0.1) is 0 Å². The molecule has 1 aliphatic carbocycles. The summed E-state index contributed by atoms with van der Waals surface area (Å²) in [5.41, 5.74) is 2.24. The van der Waals surface area contributed by atoms with E-state index in [1.165, 1.54) is 28.8 Å². The number of aromatic nitrogens is 1. The fourth-order valence-electron chi connectivity index (χ4n) is 4.95. The molecule has 0 bridgehead atoms. The van der Waals surface area contributed by atoms with Crippen LogP contribution in [0.1, 0.15) is 49.0 Å². The molecule has 1 amide bonds. The number of carbonyl (C=O) groups is 1. The third-order valence-corrected chi connectivity index (χ3v) is 7.55. The maximum Gasteiger partial charge on any atom is 0.243 e. The number of piperidine rings is 1. The lowest BCUT2D eigenvalue weighted by atomic mass is 9.85. The largest absolute Gasteiger partial charge is 0.338 e. The molecule has 0 N–H and O–H groups in total. The quantitative estimate of drug-likeness (QED) is 0.795. The molecule has 142 valence electrons. The van der Waals surface area contributed by atoms with Crippen LogP contribution in [0, 0.1) is 6.92 Å². The van der Waals surface area contributed by atoms with E-state index in [1.807, 2.05) is 6.20 Å². The highest BCUT2D eigenvalue weighted by atomic mass is 32.1. The minimum absolute atomic E-state index is 0.242. The van der Waals surface area contributed by atoms with Gasteiger partial charge in [-0.1, -0.05) is 24.3 Å². The summed E-state index contributed by atoms with van der Waals surface area (Å²) in [6.07, 6.45) is 8.76. The van der Waals surface area contributed by atoms with E-state index in [2.05, 4.69) is 41.0 Å². The molecular weight excluding hydrogens is 354 g/mol. The van der Waals surface area contributed by atoms with Crippen molar-refractivity contribution in [2.75, 3.05) is 13.1 Å². The zero-order chi connectivity index (χ0) is 18.4. The second-order valence-electron chi connectivity index (χ2n) is 8.34. The van der Waals surface area contributed by atoms with E-state index in [9.17, 15) is 4.79 Å². The van der Waals surface area contributed by atoms with Crippen LogP contribution < -0.4 is 0 Å². The van der Waals surface area contributed by atoms with E-state index in [4.69, 9.17) is 4.98 Å². The topological polar surface area (TPSA) is 36.4 Å². The first-order valence-electron chi connectivity index (χ1n) is 10.2. The number of nitrogens with zero attached hydrogens (tertiary/aromatic N) is 3. The van der Waals surface area contributed by atoms with E-state index in [1.54, 1.807) is 11.3 Å². The van der Waals surface area contributed by atoms with E-state index in [0.717, 1.165) is 50.3 Å². The van der Waals surface area contributed by atoms with Crippen molar-refractivity contribution >= 4 is 17.2 Å². The molecule has 1 spiro atoms. The molecule has 3 fully saturated rings. The number of hydrogen-bond donors (Lipinski definition) is 0. The lowest BCUT2D eigenvalue weighted by molar-refractivity contribution is -0.148. The van der Waals surface area contributed by atoms with Crippen molar-refractivity contribution in [1.82, 2.24) is 14.8 Å². The Labute approximate surface area is 165 Å². The van der Waals surface area contributed by atoms with Crippen molar-refractivity contribution in [2.24, 2.45) is 0 Å². The van der Waals surface area contributed by atoms with E-state index in [0.29, 0.717) is 11.9 Å². The molecule has 5 heteroatoms. The molecule has 2 aromatic rings. The highest BCUT2D eigenvalue weighted by molar-refractivity contribution is 7.15. The fraction of sp³-hybridized carbons (Fsp3) is 0.545. The van der Waals surface area contributed by atoms with Gasteiger partial charge in [-0.05, 0) is 57.6 Å². The van der Waals surface area contributed by atoms with Crippen LogP contribution in [-0.4, -0.2) is 45.4 Å². The molecule has 1 aromatic carbocycles. The molecule has 2 aliphatic heterocycles. The van der Waals surface area contributed by atoms with Gasteiger partial charge in [-0.2, -0.15) is 0 Å². The Morgan fingerprint density at radius 2 is 1.96 bits per heavy atom. The van der Waals surface area contributed by atoms with Crippen molar-refractivity contribution in [3.05, 3.63) is 40.9 Å². The maximum absolute atomic E-state index is 13.4. The molecule has 5 rings (SSSR count). The zero-order valence-corrected chi connectivity index (χ0v) is 16.8. The number of carbonyl (C=O) groups excluding carboxylic acids is 1. The van der Waals surface area contributed by atoms with Crippen LogP contribution in [0.15, 0.2) is 30.5 Å². The van der Waals surface area contributed by atoms with Gasteiger partial charge in [0.15, 0.2) is 0 Å². The van der Waals surface area contributed by atoms with E-state index < -0.39 is 0 Å². The summed E-state index contributed by atoms with van der Waals surface area (Å²) in [4.78, 5) is 24.0. The normalized spacial score (nSPS) is 26.3. The number of aryl methyl sites for hydroxylation is 1. The van der Waals surface area contributed by atoms with Crippen molar-refractivity contribution < 1.29 is 4.79 Å². The van der Waals surface area contributed by atoms with Crippen molar-refractivity contribution in [3.8, 4) is 10.6 Å². The summed E-state index contributed by atoms with van der Waals surface area (Å²) in [6, 6.07) is 8.97. The zero-order valence-electron chi connectivity index (χ0n) is 16.0. The summed E-state index contributed by atoms with van der Waals surface area (Å²) in [6.45, 7) is 4.99. The van der Waals surface area contributed by atoms with Gasteiger partial charge in [-0.3, -0.25) is 9.69 Å². The number of amides is 1. The average Bonchev–Trinajstić information content (AvgIpc) is 3.29. The summed E-state index contributed by atoms with van der Waals surface area (Å²) in [5.74, 6) is 0.414. The first-order chi connectivity index (χ1) is 13.2. The number of rotatable bonds is 4. The number of thiazole rings is 1. The third-order valence-electron chi connectivity index (χ3n) is 6.54. The number of benzene rings is 1. The molecular formula is C22H27N3OS. The molecule has 4 nitrogen and oxygen atoms in total. The van der Waals surface area contributed by atoms with Crippen LogP contribution in [0.3, 0.4) is 0 Å². The first-order valence-corrected chi connectivity index (χ1v) is 11.1. The fourth-order valence-corrected chi connectivity index (χ4v) is 5.97. The van der Waals surface area contributed by atoms with Gasteiger partial charge >= 0.3 is 0 Å². The predicted octanol–water partition coefficient (Wildman–Crippen LogP) is 4.24. The van der Waals surface area contributed by atoms with Crippen LogP contribution in [0.2, 0.25) is 0 Å². The highest BCUT2D eigenvalue weighted by Gasteiger charge is 2.53. The Morgan fingerprint density at radius 1 is 1.19 bits per heavy atom. The molecule has 3 aliphatic rings. The Hall–Kier alpha value is -1.72. The standard InChI is InChI=1S/C22H27N3OS/c1-16-6-2-3-7-19(16)20-23-14-18(27-20)15-24-12-4-10-22(24)11-5-13-25(21(22)26)17-8-9-17/h2-3,6-7,14,17H,4-5,8-13,15H2,1H3. The summed E-state index contributed by atoms with van der Waals surface area (Å²) in [5, 5.41) is 1.09. The third kappa shape index (κ3) is 3.01. The van der Waals surface area contributed by atoms with Gasteiger partial charge < -0.3 is 4.90 Å². The lowest BCUT2D eigenvalue weighted by Crippen LogP contribution is -2.60. The Balaban J connectivity index is 1.37. The van der Waals surface area contributed by atoms with Crippen LogP contribution in [0.5, 0.6) is 0 Å². The summed E-state index contributed by atoms with van der Waals surface area (Å²) >= 11 is 1.78. The summed E-state index contributed by atoms with van der Waals surface area (Å²) < 4.78 is 0. The van der Waals surface area contributed by atoms with Crippen molar-refractivity contribution in [2.45, 2.75) is 63.6 Å². The molecule has 3 heterocycles. The van der Waals surface area contributed by atoms with Gasteiger partial charge in [0, 0.05) is 35.8 Å². The SMILES string of the molecule is Cc1ccccc1-c1ncc(CN2CCCC23CCCN(C2CC2)C3=O)s1. The van der Waals surface area contributed by atoms with Crippen LogP contribution in [-0.2, 0) is 11.3 Å². The number of hydrogen-bond acceptors (Lipinski definition) is 4. The van der Waals surface area contributed by atoms with Crippen molar-refractivity contribution in [1.29, 1.82) is 0 Å². The van der Waals surface area contributed by atoms with Crippen LogP contribution in [0.4, 0.5) is 0 Å². The van der Waals surface area contributed by atoms with Gasteiger partial charge in [0.25, 0.3) is 0 Å². The maximum atomic E-state index is 13.4. The van der Waals surface area contributed by atoms with E-state index in [-0.39, 0.29) is 5.54 Å². The van der Waals surface area contributed by atoms with Crippen molar-refractivity contribution in [3.63, 3.8) is 0 Å². The molecule has 27 heavy (non-hydrogen) atoms. The number of likely N-dealkylation sites (tertiary alicyclic amines) is 2. The van der Waals surface area contributed by atoms with Crippen LogP contribution >= 0.6 is 11.3 Å². The Bertz CT molecular complexity index is 859. The Kier molecular flexibility index (Phi) is 4.32. The molecule has 1 aromatic heterocycles. The Morgan fingerprint density at radius 3 is 2.74 bits per heavy atom. The van der Waals surface area contributed by atoms with Gasteiger partial charge in [0.1, 0.15) is 10.5 Å². The molecule has 2 saturated heterocycles. The molecule has 0 radical (unpaired) electrons. The van der Waals surface area contributed by atoms with Crippen LogP contribution in [0.25, 0.3) is 10.6 Å². The summed E-state index contributed by atoms with van der Waals surface area (Å²) in [7, 11) is 0. The molecule has 1 unspecified atom stereocenters. The smallest absolute Gasteiger partial charge is 0.243 e. The van der Waals surface area contributed by atoms with E-state index >= 15 is 0 Å². The second-order valence-corrected chi connectivity index (χ2v) is 9.45. The minimum atomic E-state index is -0.242. The predicted molar refractivity (Wildman–Crippen MR) is 109 cm³/mol. The van der Waals surface area contributed by atoms with Gasteiger partial charge in [-0.15, -0.1) is 11.3 Å². The molecule has 1 atom stereocenters.